The zero-order valence-corrected chi connectivity index (χ0v) is 42.7. The molecule has 4 aliphatic rings. The molecule has 0 saturated heterocycles. The van der Waals surface area contributed by atoms with Crippen LogP contribution in [0.25, 0.3) is 0 Å². The van der Waals surface area contributed by atoms with Gasteiger partial charge in [0.15, 0.2) is 0 Å². The summed E-state index contributed by atoms with van der Waals surface area (Å²) in [4.78, 5) is 82.8. The van der Waals surface area contributed by atoms with E-state index < -0.39 is 103 Å². The first-order chi connectivity index (χ1) is 37.1. The minimum absolute atomic E-state index is 0.0205. The van der Waals surface area contributed by atoms with Gasteiger partial charge in [0.1, 0.15) is 17.2 Å². The molecular weight excluding hydrogens is 1070 g/mol. The van der Waals surface area contributed by atoms with Crippen LogP contribution in [0.15, 0.2) is 61.2 Å². The molecule has 0 spiro atoms. The third kappa shape index (κ3) is 16.7. The number of carbonyl (C=O) groups excluding carboxylic acids is 5. The van der Waals surface area contributed by atoms with Crippen molar-refractivity contribution < 1.29 is 82.1 Å². The highest BCUT2D eigenvalue weighted by Crippen LogP contribution is 2.45. The molecule has 5 amide bonds. The molecule has 4 saturated carbocycles. The highest BCUT2D eigenvalue weighted by molar-refractivity contribution is 6.40. The standard InChI is InChI=1S/C28H32F5N5O5.C23H24F5N5O3/c1-27(2,3)43-26(41)37-22-19(15-7-8-15)11-18(13-35-22)36-23(39)24(40)38(20-5-4-6-21(20)42-25(29)30)14-17-10-9-16(12-34-17)28(31,32)33;24-22(25)36-18-3-1-2-17(18)33(11-14-7-6-13(9-30-14)23(26,27)28)21(35)20(34)32-15-8-16(12-4-5-12)19(29)31-10-15/h9-13,15,20-21,25H,4-8,14H2,1-3H3,(H,36,39)(H,35,37,41);6-10,12,17-18,22H,1-5,11H2,(H2,29,31)(H,32,34)/t20-,21-;17-,18-/m11/s1. The number of rotatable bonds is 15. The van der Waals surface area contributed by atoms with E-state index in [0.717, 1.165) is 65.3 Å². The summed E-state index contributed by atoms with van der Waals surface area (Å²) in [6.07, 6.45) is -3.01. The highest BCUT2D eigenvalue weighted by atomic mass is 19.4. The van der Waals surface area contributed by atoms with E-state index in [4.69, 9.17) is 15.2 Å². The first-order valence-electron chi connectivity index (χ1n) is 25.0. The summed E-state index contributed by atoms with van der Waals surface area (Å²) in [6, 6.07) is 5.07. The molecule has 79 heavy (non-hydrogen) atoms. The predicted octanol–water partition coefficient (Wildman–Crippen LogP) is 9.93. The number of nitrogens with zero attached hydrogens (tertiary/aromatic N) is 6. The number of carbonyl (C=O) groups is 5. The average molecular weight is 1130 g/mol. The summed E-state index contributed by atoms with van der Waals surface area (Å²) in [5.41, 5.74) is 5.00. The third-order valence-corrected chi connectivity index (χ3v) is 13.1. The van der Waals surface area contributed by atoms with Crippen LogP contribution in [0.3, 0.4) is 0 Å². The van der Waals surface area contributed by atoms with Gasteiger partial charge in [-0.2, -0.15) is 43.9 Å². The van der Waals surface area contributed by atoms with Crippen molar-refractivity contribution >= 4 is 52.7 Å². The molecule has 4 heterocycles. The van der Waals surface area contributed by atoms with Crippen LogP contribution in [0.5, 0.6) is 0 Å². The van der Waals surface area contributed by atoms with Crippen molar-refractivity contribution in [3.8, 4) is 0 Å². The fraction of sp³-hybridized carbons (Fsp3) is 0.510. The molecule has 0 radical (unpaired) electrons. The lowest BCUT2D eigenvalue weighted by molar-refractivity contribution is -0.178. The number of alkyl halides is 10. The van der Waals surface area contributed by atoms with Crippen LogP contribution < -0.4 is 21.7 Å². The molecule has 5 N–H and O–H groups in total. The van der Waals surface area contributed by atoms with E-state index >= 15 is 0 Å². The molecule has 4 aliphatic carbocycles. The van der Waals surface area contributed by atoms with Crippen LogP contribution in [0, 0.1) is 0 Å². The highest BCUT2D eigenvalue weighted by Gasteiger charge is 2.42. The zero-order valence-electron chi connectivity index (χ0n) is 42.7. The first kappa shape index (κ1) is 59.4. The smallest absolute Gasteiger partial charge is 0.417 e. The normalized spacial score (nSPS) is 19.3. The number of anilines is 4. The van der Waals surface area contributed by atoms with Gasteiger partial charge in [-0.15, -0.1) is 0 Å². The van der Waals surface area contributed by atoms with Crippen LogP contribution in [0.1, 0.15) is 130 Å². The fourth-order valence-corrected chi connectivity index (χ4v) is 9.18. The molecule has 18 nitrogen and oxygen atoms in total. The van der Waals surface area contributed by atoms with Gasteiger partial charge in [0.2, 0.25) is 0 Å². The second kappa shape index (κ2) is 24.8. The maximum atomic E-state index is 13.4. The number of hydrogen-bond donors (Lipinski definition) is 4. The van der Waals surface area contributed by atoms with Crippen molar-refractivity contribution in [3.63, 3.8) is 0 Å². The van der Waals surface area contributed by atoms with Crippen molar-refractivity contribution in [2.45, 2.75) is 165 Å². The van der Waals surface area contributed by atoms with E-state index in [9.17, 15) is 67.9 Å². The summed E-state index contributed by atoms with van der Waals surface area (Å²) in [7, 11) is 0. The second-order valence-electron chi connectivity index (χ2n) is 20.2. The van der Waals surface area contributed by atoms with E-state index in [1.54, 1.807) is 32.9 Å². The molecule has 0 bridgehead atoms. The molecule has 4 aromatic rings. The molecule has 0 unspecified atom stereocenters. The minimum atomic E-state index is -4.63. The summed E-state index contributed by atoms with van der Waals surface area (Å²) < 4.78 is 144. The second-order valence-corrected chi connectivity index (χ2v) is 20.2. The van der Waals surface area contributed by atoms with Gasteiger partial charge < -0.3 is 40.4 Å². The van der Waals surface area contributed by atoms with Gasteiger partial charge >= 0.3 is 55.3 Å². The number of aromatic nitrogens is 4. The zero-order chi connectivity index (χ0) is 57.6. The van der Waals surface area contributed by atoms with Crippen molar-refractivity contribution in [2.24, 2.45) is 0 Å². The summed E-state index contributed by atoms with van der Waals surface area (Å²) in [5, 5.41) is 7.52. The molecule has 4 aromatic heterocycles. The number of nitrogen functional groups attached to an aromatic ring is 1. The third-order valence-electron chi connectivity index (χ3n) is 13.1. The molecule has 4 atom stereocenters. The van der Waals surface area contributed by atoms with Crippen LogP contribution in [-0.2, 0) is 58.8 Å². The Balaban J connectivity index is 0.000000232. The molecule has 0 aromatic carbocycles. The Hall–Kier alpha value is -7.23. The van der Waals surface area contributed by atoms with E-state index in [1.165, 1.54) is 12.4 Å². The van der Waals surface area contributed by atoms with Crippen molar-refractivity contribution in [3.05, 3.63) is 94.8 Å². The number of ether oxygens (including phenoxy) is 3. The summed E-state index contributed by atoms with van der Waals surface area (Å²) in [5.74, 6) is -3.47. The van der Waals surface area contributed by atoms with Crippen molar-refractivity contribution in [1.29, 1.82) is 0 Å². The van der Waals surface area contributed by atoms with Gasteiger partial charge in [0, 0.05) is 18.0 Å². The number of hydrogen-bond acceptors (Lipinski definition) is 13. The molecule has 28 heteroatoms. The molecule has 428 valence electrons. The van der Waals surface area contributed by atoms with E-state index in [-0.39, 0.29) is 72.6 Å². The topological polar surface area (TPSA) is 233 Å². The van der Waals surface area contributed by atoms with Crippen molar-refractivity contribution in [2.75, 3.05) is 21.7 Å². The maximum absolute atomic E-state index is 13.4. The van der Waals surface area contributed by atoms with E-state index in [2.05, 4.69) is 40.6 Å². The maximum Gasteiger partial charge on any atom is 0.417 e. The number of nitrogens with one attached hydrogen (secondary N) is 3. The number of pyridine rings is 4. The SMILES string of the molecule is CC(C)(C)OC(=O)Nc1ncc(NC(=O)C(=O)N(Cc2ccc(C(F)(F)F)cn2)[C@@H]2CCC[C@H]2OC(F)F)cc1C1CC1.Nc1ncc(NC(=O)C(=O)N(Cc2ccc(C(F)(F)F)cn2)[C@@H]2CCC[C@H]2OC(F)F)cc1C1CC1. The van der Waals surface area contributed by atoms with Crippen LogP contribution in [0.4, 0.5) is 71.7 Å². The Morgan fingerprint density at radius 1 is 0.595 bits per heavy atom. The monoisotopic (exact) mass is 1130 g/mol. The van der Waals surface area contributed by atoms with Gasteiger partial charge in [0.25, 0.3) is 0 Å². The van der Waals surface area contributed by atoms with Crippen LogP contribution in [-0.4, -0.2) is 103 Å². The largest absolute Gasteiger partial charge is 0.444 e. The Morgan fingerprint density at radius 3 is 1.42 bits per heavy atom. The Labute approximate surface area is 445 Å². The van der Waals surface area contributed by atoms with Crippen LogP contribution >= 0.6 is 0 Å². The van der Waals surface area contributed by atoms with Gasteiger partial charge in [0.05, 0.1) is 83.7 Å². The quantitative estimate of drug-likeness (QED) is 0.0642. The van der Waals surface area contributed by atoms with E-state index in [0.29, 0.717) is 36.6 Å². The van der Waals surface area contributed by atoms with Gasteiger partial charge in [-0.1, -0.05) is 0 Å². The van der Waals surface area contributed by atoms with Gasteiger partial charge in [-0.3, -0.25) is 34.5 Å². The van der Waals surface area contributed by atoms with Gasteiger partial charge in [-0.05, 0) is 139 Å². The lowest BCUT2D eigenvalue weighted by Crippen LogP contribution is -2.49. The van der Waals surface area contributed by atoms with Gasteiger partial charge in [-0.25, -0.2) is 14.8 Å². The fourth-order valence-electron chi connectivity index (χ4n) is 9.18. The minimum Gasteiger partial charge on any atom is -0.444 e. The number of halogens is 10. The lowest BCUT2D eigenvalue weighted by atomic mass is 10.1. The summed E-state index contributed by atoms with van der Waals surface area (Å²) in [6.45, 7) is -1.87. The molecule has 4 fully saturated rings. The molecule has 0 aliphatic heterocycles. The Bertz CT molecular complexity index is 2810. The van der Waals surface area contributed by atoms with Crippen molar-refractivity contribution in [1.82, 2.24) is 29.7 Å². The Kier molecular flexibility index (Phi) is 18.7. The lowest BCUT2D eigenvalue weighted by Gasteiger charge is -2.32. The number of nitrogens with two attached hydrogens (primary N) is 1. The molecule has 8 rings (SSSR count). The van der Waals surface area contributed by atoms with Crippen LogP contribution in [0.2, 0.25) is 0 Å². The number of amides is 5. The summed E-state index contributed by atoms with van der Waals surface area (Å²) >= 11 is 0. The van der Waals surface area contributed by atoms with E-state index in [1.807, 2.05) is 0 Å². The predicted molar refractivity (Wildman–Crippen MR) is 261 cm³/mol. The Morgan fingerprint density at radius 2 is 1.03 bits per heavy atom. The average Bonchev–Trinajstić information content (AvgIpc) is 4.33. The molecular formula is C51H56F10N10O8. The first-order valence-corrected chi connectivity index (χ1v) is 25.0.